The average molecular weight is 273 g/mol. The van der Waals surface area contributed by atoms with Crippen LogP contribution in [0.1, 0.15) is 6.42 Å². The van der Waals surface area contributed by atoms with Crippen LogP contribution in [0.5, 0.6) is 0 Å². The Kier molecular flexibility index (Phi) is 3.89. The van der Waals surface area contributed by atoms with Crippen molar-refractivity contribution in [3.63, 3.8) is 0 Å². The summed E-state index contributed by atoms with van der Waals surface area (Å²) in [5.74, 6) is 0.0623. The molecule has 2 saturated heterocycles. The van der Waals surface area contributed by atoms with E-state index in [4.69, 9.17) is 4.74 Å². The van der Waals surface area contributed by atoms with E-state index in [0.717, 1.165) is 4.90 Å². The highest BCUT2D eigenvalue weighted by atomic mass is 32.2. The van der Waals surface area contributed by atoms with E-state index >= 15 is 0 Å². The summed E-state index contributed by atoms with van der Waals surface area (Å²) in [6.45, 7) is -1.41. The third-order valence-electron chi connectivity index (χ3n) is 3.10. The molecule has 17 heavy (non-hydrogen) atoms. The van der Waals surface area contributed by atoms with E-state index in [1.807, 2.05) is 0 Å². The number of alkyl halides is 3. The summed E-state index contributed by atoms with van der Waals surface area (Å²) in [6.07, 6.45) is -3.77. The molecule has 0 saturated carbocycles. The second-order valence-corrected chi connectivity index (χ2v) is 5.29. The molecule has 0 aromatic carbocycles. The van der Waals surface area contributed by atoms with Crippen LogP contribution in [-0.2, 0) is 4.74 Å². The predicted octanol–water partition coefficient (Wildman–Crippen LogP) is 0.392. The Morgan fingerprint density at radius 2 is 2.24 bits per heavy atom. The first-order valence-electron chi connectivity index (χ1n) is 5.23. The second kappa shape index (κ2) is 4.93. The molecule has 2 rings (SSSR count). The molecular weight excluding hydrogens is 259 g/mol. The normalized spacial score (nSPS) is 38.1. The summed E-state index contributed by atoms with van der Waals surface area (Å²) >= 11 is 1.23. The van der Waals surface area contributed by atoms with Gasteiger partial charge in [0.15, 0.2) is 0 Å². The fraction of sp³-hybridized carbons (Fsp3) is 1.00. The molecule has 4 atom stereocenters. The van der Waals surface area contributed by atoms with Crippen LogP contribution < -0.4 is 0 Å². The third kappa shape index (κ3) is 2.28. The minimum absolute atomic E-state index is 0.0623. The van der Waals surface area contributed by atoms with E-state index in [1.54, 1.807) is 0 Å². The van der Waals surface area contributed by atoms with Crippen LogP contribution in [0, 0.1) is 0 Å². The Labute approximate surface area is 101 Å². The molecule has 0 amide bonds. The van der Waals surface area contributed by atoms with E-state index in [1.165, 1.54) is 11.8 Å². The molecule has 2 N–H and O–H groups in total. The van der Waals surface area contributed by atoms with Crippen molar-refractivity contribution >= 4 is 11.8 Å². The van der Waals surface area contributed by atoms with Crippen molar-refractivity contribution < 1.29 is 28.1 Å². The molecule has 8 heteroatoms. The van der Waals surface area contributed by atoms with Gasteiger partial charge in [-0.25, -0.2) is 13.2 Å². The van der Waals surface area contributed by atoms with E-state index in [2.05, 4.69) is 0 Å². The van der Waals surface area contributed by atoms with Gasteiger partial charge in [-0.3, -0.25) is 4.90 Å². The molecule has 4 unspecified atom stereocenters. The fourth-order valence-corrected chi connectivity index (χ4v) is 3.49. The van der Waals surface area contributed by atoms with Gasteiger partial charge in [-0.15, -0.1) is 11.8 Å². The van der Waals surface area contributed by atoms with Crippen LogP contribution in [-0.4, -0.2) is 64.0 Å². The van der Waals surface area contributed by atoms with Crippen LogP contribution in [0.4, 0.5) is 13.2 Å². The smallest absolute Gasteiger partial charge is 0.283 e. The highest BCUT2D eigenvalue weighted by molar-refractivity contribution is 8.00. The molecule has 0 spiro atoms. The lowest BCUT2D eigenvalue weighted by Gasteiger charge is -2.40. The minimum atomic E-state index is -3.20. The molecule has 0 aliphatic carbocycles. The molecule has 2 aliphatic heterocycles. The number of fused-ring (bicyclic) bond motifs is 1. The monoisotopic (exact) mass is 273 g/mol. The quantitative estimate of drug-likeness (QED) is 0.779. The predicted molar refractivity (Wildman–Crippen MR) is 55.4 cm³/mol. The fourth-order valence-electron chi connectivity index (χ4n) is 2.12. The van der Waals surface area contributed by atoms with Crippen LogP contribution in [0.15, 0.2) is 0 Å². The van der Waals surface area contributed by atoms with Gasteiger partial charge in [0, 0.05) is 0 Å². The van der Waals surface area contributed by atoms with Gasteiger partial charge in [0.25, 0.3) is 6.43 Å². The average Bonchev–Trinajstić information content (AvgIpc) is 2.71. The first-order chi connectivity index (χ1) is 7.99. The number of nitrogens with zero attached hydrogens (tertiary/aromatic N) is 1. The van der Waals surface area contributed by atoms with Gasteiger partial charge in [-0.05, 0) is 6.42 Å². The van der Waals surface area contributed by atoms with Crippen molar-refractivity contribution in [3.05, 3.63) is 0 Å². The molecule has 4 nitrogen and oxygen atoms in total. The Morgan fingerprint density at radius 1 is 1.53 bits per heavy atom. The van der Waals surface area contributed by atoms with Crippen molar-refractivity contribution in [2.24, 2.45) is 0 Å². The van der Waals surface area contributed by atoms with E-state index in [9.17, 15) is 23.4 Å². The number of hydrogen-bond acceptors (Lipinski definition) is 5. The highest BCUT2D eigenvalue weighted by Gasteiger charge is 2.53. The number of halogens is 3. The molecule has 2 aliphatic rings. The number of ether oxygens (including phenoxy) is 1. The lowest BCUT2D eigenvalue weighted by Crippen LogP contribution is -2.60. The van der Waals surface area contributed by atoms with Gasteiger partial charge in [0.05, 0.1) is 24.6 Å². The summed E-state index contributed by atoms with van der Waals surface area (Å²) in [7, 11) is 0. The van der Waals surface area contributed by atoms with Crippen molar-refractivity contribution in [1.29, 1.82) is 0 Å². The molecular formula is C9H14F3NO3S. The molecule has 0 aromatic rings. The lowest BCUT2D eigenvalue weighted by molar-refractivity contribution is -0.221. The minimum Gasteiger partial charge on any atom is -0.391 e. The van der Waals surface area contributed by atoms with Crippen molar-refractivity contribution in [1.82, 2.24) is 4.90 Å². The van der Waals surface area contributed by atoms with Crippen LogP contribution in [0.2, 0.25) is 0 Å². The van der Waals surface area contributed by atoms with Gasteiger partial charge in [0.2, 0.25) is 5.72 Å². The van der Waals surface area contributed by atoms with Gasteiger partial charge >= 0.3 is 0 Å². The molecule has 0 radical (unpaired) electrons. The van der Waals surface area contributed by atoms with Crippen LogP contribution >= 0.6 is 11.8 Å². The summed E-state index contributed by atoms with van der Waals surface area (Å²) in [5, 5.41) is 19.1. The van der Waals surface area contributed by atoms with Gasteiger partial charge in [-0.1, -0.05) is 0 Å². The first-order valence-corrected chi connectivity index (χ1v) is 6.28. The Bertz CT molecular complexity index is 286. The van der Waals surface area contributed by atoms with Gasteiger partial charge < -0.3 is 14.9 Å². The van der Waals surface area contributed by atoms with Crippen molar-refractivity contribution in [2.45, 2.75) is 36.2 Å². The maximum atomic E-state index is 12.7. The topological polar surface area (TPSA) is 52.9 Å². The largest absolute Gasteiger partial charge is 0.391 e. The standard InChI is InChI=1S/C9H14F3NO3S/c10-3-9(15,8(11)12)13-4-17-7-6(13)1-5(14)2-16-7/h5-8,14-15H,1-4H2. The van der Waals surface area contributed by atoms with Crippen LogP contribution in [0.3, 0.4) is 0 Å². The van der Waals surface area contributed by atoms with Gasteiger partial charge in [0.1, 0.15) is 12.1 Å². The summed E-state index contributed by atoms with van der Waals surface area (Å²) < 4.78 is 43.5. The van der Waals surface area contributed by atoms with E-state index < -0.39 is 36.4 Å². The van der Waals surface area contributed by atoms with Crippen molar-refractivity contribution in [3.8, 4) is 0 Å². The Hall–Kier alpha value is -0.0200. The maximum absolute atomic E-state index is 12.7. The van der Waals surface area contributed by atoms with Crippen LogP contribution in [0.25, 0.3) is 0 Å². The number of rotatable bonds is 3. The Balaban J connectivity index is 2.16. The number of thioether (sulfide) groups is 1. The van der Waals surface area contributed by atoms with E-state index in [0.29, 0.717) is 0 Å². The molecule has 2 fully saturated rings. The second-order valence-electron chi connectivity index (χ2n) is 4.24. The van der Waals surface area contributed by atoms with Crippen molar-refractivity contribution in [2.75, 3.05) is 19.2 Å². The summed E-state index contributed by atoms with van der Waals surface area (Å²) in [4.78, 5) is 0.995. The van der Waals surface area contributed by atoms with E-state index in [-0.39, 0.29) is 18.9 Å². The SMILES string of the molecule is OC1COC2SCN(C(O)(CF)C(F)F)C2C1. The zero-order chi connectivity index (χ0) is 12.6. The zero-order valence-electron chi connectivity index (χ0n) is 8.93. The number of hydrogen-bond donors (Lipinski definition) is 2. The summed E-state index contributed by atoms with van der Waals surface area (Å²) in [6, 6.07) is -0.585. The molecule has 2 heterocycles. The number of aliphatic hydroxyl groups is 2. The maximum Gasteiger partial charge on any atom is 0.283 e. The Morgan fingerprint density at radius 3 is 2.82 bits per heavy atom. The molecule has 0 aromatic heterocycles. The molecule has 100 valence electrons. The highest BCUT2D eigenvalue weighted by Crippen LogP contribution is 2.40. The third-order valence-corrected chi connectivity index (χ3v) is 4.31. The first kappa shape index (κ1) is 13.4. The zero-order valence-corrected chi connectivity index (χ0v) is 9.75. The molecule has 0 bridgehead atoms. The van der Waals surface area contributed by atoms with Gasteiger partial charge in [-0.2, -0.15) is 0 Å². The summed E-state index contributed by atoms with van der Waals surface area (Å²) in [5.41, 5.74) is -3.18. The lowest BCUT2D eigenvalue weighted by atomic mass is 10.0. The number of aliphatic hydroxyl groups excluding tert-OH is 1.